The van der Waals surface area contributed by atoms with Crippen molar-refractivity contribution in [3.63, 3.8) is 0 Å². The Kier molecular flexibility index (Phi) is 6.55. The van der Waals surface area contributed by atoms with Gasteiger partial charge in [-0.3, -0.25) is 0 Å². The van der Waals surface area contributed by atoms with Crippen LogP contribution in [0.1, 0.15) is 0 Å². The lowest BCUT2D eigenvalue weighted by Crippen LogP contribution is -2.10. The first kappa shape index (κ1) is 29.6. The van der Waals surface area contributed by atoms with Crippen molar-refractivity contribution in [2.24, 2.45) is 0 Å². The smallest absolute Gasteiger partial charge is 0.159 e. The maximum Gasteiger partial charge on any atom is 0.159 e. The van der Waals surface area contributed by atoms with Crippen LogP contribution in [0.15, 0.2) is 197 Å². The van der Waals surface area contributed by atoms with E-state index >= 15 is 0 Å². The van der Waals surface area contributed by atoms with E-state index in [1.165, 1.54) is 27.5 Å². The van der Waals surface area contributed by atoms with Gasteiger partial charge in [-0.25, -0.2) is 0 Å². The molecule has 2 heterocycles. The molecule has 0 unspecified atom stereocenters. The van der Waals surface area contributed by atoms with Gasteiger partial charge in [0.25, 0.3) is 0 Å². The van der Waals surface area contributed by atoms with Gasteiger partial charge in [-0.15, -0.1) is 0 Å². The van der Waals surface area contributed by atoms with Gasteiger partial charge in [0.05, 0.1) is 16.8 Å². The normalized spacial score (nSPS) is 11.8. The SMILES string of the molecule is c1ccc(-c2ccc(N(c3cccc4c3oc3ccccc34)c3cccc4oc5c6ccccc6c(-c6cccc7ccccc67)cc5c34)cc2)cc1. The minimum absolute atomic E-state index is 0.834. The van der Waals surface area contributed by atoms with E-state index in [2.05, 4.69) is 181 Å². The number of anilines is 3. The lowest BCUT2D eigenvalue weighted by molar-refractivity contribution is 0.669. The molecule has 0 saturated carbocycles. The molecule has 2 aromatic heterocycles. The van der Waals surface area contributed by atoms with Crippen LogP contribution in [0.2, 0.25) is 0 Å². The van der Waals surface area contributed by atoms with Crippen molar-refractivity contribution in [2.75, 3.05) is 4.90 Å². The molecule has 0 spiro atoms. The molecule has 0 saturated heterocycles. The second-order valence-electron chi connectivity index (χ2n) is 13.6. The van der Waals surface area contributed by atoms with Gasteiger partial charge in [0.15, 0.2) is 5.58 Å². The van der Waals surface area contributed by atoms with Crippen LogP contribution >= 0.6 is 0 Å². The third kappa shape index (κ3) is 4.61. The van der Waals surface area contributed by atoms with Crippen LogP contribution in [0, 0.1) is 0 Å². The molecule has 0 bridgehead atoms. The highest BCUT2D eigenvalue weighted by atomic mass is 16.3. The molecule has 11 aromatic rings. The Labute approximate surface area is 305 Å². The van der Waals surface area contributed by atoms with Gasteiger partial charge in [0.1, 0.15) is 16.7 Å². The Morgan fingerprint density at radius 2 is 0.925 bits per heavy atom. The number of fused-ring (bicyclic) bond motifs is 9. The second kappa shape index (κ2) is 11.7. The molecule has 11 rings (SSSR count). The van der Waals surface area contributed by atoms with E-state index in [9.17, 15) is 0 Å². The number of benzene rings is 9. The monoisotopic (exact) mass is 677 g/mol. The highest BCUT2D eigenvalue weighted by molar-refractivity contribution is 6.24. The highest BCUT2D eigenvalue weighted by Crippen LogP contribution is 2.49. The molecule has 9 aromatic carbocycles. The summed E-state index contributed by atoms with van der Waals surface area (Å²) in [6.45, 7) is 0. The third-order valence-electron chi connectivity index (χ3n) is 10.7. The summed E-state index contributed by atoms with van der Waals surface area (Å²) in [5, 5.41) is 9.00. The molecule has 0 fully saturated rings. The van der Waals surface area contributed by atoms with Crippen LogP contribution in [0.4, 0.5) is 17.1 Å². The van der Waals surface area contributed by atoms with Gasteiger partial charge >= 0.3 is 0 Å². The predicted molar refractivity (Wildman–Crippen MR) is 222 cm³/mol. The van der Waals surface area contributed by atoms with Crippen LogP contribution < -0.4 is 4.90 Å². The van der Waals surface area contributed by atoms with E-state index < -0.39 is 0 Å². The summed E-state index contributed by atoms with van der Waals surface area (Å²) in [5.74, 6) is 0. The Bertz CT molecular complexity index is 3160. The third-order valence-corrected chi connectivity index (χ3v) is 10.7. The number of rotatable bonds is 5. The average molecular weight is 678 g/mol. The molecule has 0 aliphatic carbocycles. The fourth-order valence-electron chi connectivity index (χ4n) is 8.25. The number of furan rings is 2. The average Bonchev–Trinajstić information content (AvgIpc) is 3.81. The van der Waals surface area contributed by atoms with Gasteiger partial charge in [0, 0.05) is 27.2 Å². The molecule has 53 heavy (non-hydrogen) atoms. The van der Waals surface area contributed by atoms with E-state index in [-0.39, 0.29) is 0 Å². The van der Waals surface area contributed by atoms with Crippen LogP contribution in [0.5, 0.6) is 0 Å². The van der Waals surface area contributed by atoms with Crippen molar-refractivity contribution < 1.29 is 8.83 Å². The lowest BCUT2D eigenvalue weighted by atomic mass is 9.92. The molecular formula is C50H31NO2. The number of hydrogen-bond donors (Lipinski definition) is 0. The van der Waals surface area contributed by atoms with Crippen molar-refractivity contribution in [2.45, 2.75) is 0 Å². The van der Waals surface area contributed by atoms with Crippen molar-refractivity contribution in [1.82, 2.24) is 0 Å². The summed E-state index contributed by atoms with van der Waals surface area (Å²) in [6.07, 6.45) is 0. The summed E-state index contributed by atoms with van der Waals surface area (Å²) in [6, 6.07) is 66.6. The highest BCUT2D eigenvalue weighted by Gasteiger charge is 2.24. The second-order valence-corrected chi connectivity index (χ2v) is 13.6. The molecule has 0 aliphatic rings. The van der Waals surface area contributed by atoms with Crippen LogP contribution in [-0.2, 0) is 0 Å². The first-order valence-corrected chi connectivity index (χ1v) is 18.0. The maximum atomic E-state index is 6.87. The van der Waals surface area contributed by atoms with E-state index in [0.717, 1.165) is 77.3 Å². The minimum atomic E-state index is 0.834. The fraction of sp³-hybridized carbons (Fsp3) is 0. The Hall–Kier alpha value is -7.10. The maximum absolute atomic E-state index is 6.87. The molecule has 0 N–H and O–H groups in total. The van der Waals surface area contributed by atoms with E-state index in [4.69, 9.17) is 8.83 Å². The molecule has 0 atom stereocenters. The van der Waals surface area contributed by atoms with Gasteiger partial charge in [-0.1, -0.05) is 146 Å². The van der Waals surface area contributed by atoms with Gasteiger partial charge in [0.2, 0.25) is 0 Å². The van der Waals surface area contributed by atoms with E-state index in [1.54, 1.807) is 0 Å². The Balaban J connectivity index is 1.22. The number of para-hydroxylation sites is 2. The van der Waals surface area contributed by atoms with Crippen molar-refractivity contribution in [3.8, 4) is 22.3 Å². The Morgan fingerprint density at radius 1 is 0.340 bits per heavy atom. The molecule has 0 radical (unpaired) electrons. The van der Waals surface area contributed by atoms with Crippen molar-refractivity contribution >= 4 is 82.5 Å². The van der Waals surface area contributed by atoms with Crippen LogP contribution in [-0.4, -0.2) is 0 Å². The predicted octanol–water partition coefficient (Wildman–Crippen LogP) is 14.6. The molecule has 248 valence electrons. The summed E-state index contributed by atoms with van der Waals surface area (Å²) < 4.78 is 13.6. The minimum Gasteiger partial charge on any atom is -0.455 e. The lowest BCUT2D eigenvalue weighted by Gasteiger charge is -2.26. The zero-order chi connectivity index (χ0) is 34.9. The summed E-state index contributed by atoms with van der Waals surface area (Å²) in [7, 11) is 0. The van der Waals surface area contributed by atoms with Crippen LogP contribution in [0.25, 0.3) is 87.7 Å². The fourth-order valence-corrected chi connectivity index (χ4v) is 8.25. The summed E-state index contributed by atoms with van der Waals surface area (Å²) in [5.41, 5.74) is 11.1. The van der Waals surface area contributed by atoms with E-state index in [0.29, 0.717) is 0 Å². The largest absolute Gasteiger partial charge is 0.455 e. The van der Waals surface area contributed by atoms with E-state index in [1.807, 2.05) is 12.1 Å². The zero-order valence-electron chi connectivity index (χ0n) is 28.7. The van der Waals surface area contributed by atoms with Crippen LogP contribution in [0.3, 0.4) is 0 Å². The molecule has 0 amide bonds. The quantitative estimate of drug-likeness (QED) is 0.182. The van der Waals surface area contributed by atoms with Crippen molar-refractivity contribution in [3.05, 3.63) is 188 Å². The van der Waals surface area contributed by atoms with Gasteiger partial charge in [-0.05, 0) is 80.9 Å². The molecule has 3 heteroatoms. The standard InChI is InChI=1S/C50H31NO2/c1-2-13-32(14-3-1)33-27-29-35(30-28-33)51(45-24-11-22-41-39-19-8-9-25-46(39)52-50(41)45)44-23-12-26-47-48(44)43-31-42(38-18-6-7-20-40(38)49(43)53-47)37-21-10-16-34-15-4-5-17-36(34)37/h1-31H. The first-order valence-electron chi connectivity index (χ1n) is 18.0. The van der Waals surface area contributed by atoms with Crippen molar-refractivity contribution in [1.29, 1.82) is 0 Å². The topological polar surface area (TPSA) is 29.5 Å². The molecule has 3 nitrogen and oxygen atoms in total. The number of hydrogen-bond acceptors (Lipinski definition) is 3. The van der Waals surface area contributed by atoms with Gasteiger partial charge in [-0.2, -0.15) is 0 Å². The summed E-state index contributed by atoms with van der Waals surface area (Å²) >= 11 is 0. The van der Waals surface area contributed by atoms with Gasteiger partial charge < -0.3 is 13.7 Å². The summed E-state index contributed by atoms with van der Waals surface area (Å²) in [4.78, 5) is 2.34. The molecule has 0 aliphatic heterocycles. The zero-order valence-corrected chi connectivity index (χ0v) is 28.7. The Morgan fingerprint density at radius 3 is 1.79 bits per heavy atom. The first-order chi connectivity index (χ1) is 26.3. The molecular weight excluding hydrogens is 647 g/mol. The number of nitrogens with zero attached hydrogens (tertiary/aromatic N) is 1.